The number of hydrazine groups is 1. The van der Waals surface area contributed by atoms with E-state index in [1.165, 1.54) is 0 Å². The van der Waals surface area contributed by atoms with Gasteiger partial charge in [0.05, 0.1) is 13.2 Å². The first kappa shape index (κ1) is 16.1. The summed E-state index contributed by atoms with van der Waals surface area (Å²) < 4.78 is 5.36. The van der Waals surface area contributed by atoms with Crippen molar-refractivity contribution in [2.45, 2.75) is 19.4 Å². The Labute approximate surface area is 135 Å². The lowest BCUT2D eigenvalue weighted by molar-refractivity contribution is 0.410. The molecule has 0 heterocycles. The van der Waals surface area contributed by atoms with Crippen LogP contribution in [0, 0.1) is 6.92 Å². The first-order valence-electron chi connectivity index (χ1n) is 6.59. The van der Waals surface area contributed by atoms with Crippen molar-refractivity contribution >= 4 is 23.2 Å². The summed E-state index contributed by atoms with van der Waals surface area (Å²) >= 11 is 12.2. The third-order valence-electron chi connectivity index (χ3n) is 3.47. The molecule has 0 radical (unpaired) electrons. The minimum atomic E-state index is -0.0736. The highest BCUT2D eigenvalue weighted by Crippen LogP contribution is 2.28. The Hall–Kier alpha value is -1.26. The molecule has 3 N–H and O–H groups in total. The SMILES string of the molecule is COc1cc(C(Cc2cc(Cl)ccc2Cl)NN)ccc1C. The van der Waals surface area contributed by atoms with E-state index in [4.69, 9.17) is 33.8 Å². The van der Waals surface area contributed by atoms with E-state index in [0.717, 1.165) is 22.4 Å². The Morgan fingerprint density at radius 1 is 1.19 bits per heavy atom. The van der Waals surface area contributed by atoms with E-state index < -0.39 is 0 Å². The van der Waals surface area contributed by atoms with Gasteiger partial charge in [0, 0.05) is 10.0 Å². The maximum Gasteiger partial charge on any atom is 0.122 e. The third kappa shape index (κ3) is 3.89. The molecule has 0 aromatic heterocycles. The molecule has 0 spiro atoms. The number of methoxy groups -OCH3 is 1. The molecule has 0 saturated carbocycles. The Bertz CT molecular complexity index is 632. The lowest BCUT2D eigenvalue weighted by Crippen LogP contribution is -2.29. The summed E-state index contributed by atoms with van der Waals surface area (Å²) in [7, 11) is 1.66. The first-order valence-corrected chi connectivity index (χ1v) is 7.35. The normalized spacial score (nSPS) is 12.2. The van der Waals surface area contributed by atoms with Crippen LogP contribution < -0.4 is 16.0 Å². The van der Waals surface area contributed by atoms with Crippen LogP contribution >= 0.6 is 23.2 Å². The second-order valence-corrected chi connectivity index (χ2v) is 5.73. The molecule has 5 heteroatoms. The highest BCUT2D eigenvalue weighted by molar-refractivity contribution is 6.33. The molecule has 112 valence electrons. The van der Waals surface area contributed by atoms with Crippen LogP contribution in [-0.2, 0) is 6.42 Å². The van der Waals surface area contributed by atoms with E-state index >= 15 is 0 Å². The van der Waals surface area contributed by atoms with Gasteiger partial charge in [-0.3, -0.25) is 11.3 Å². The molecule has 21 heavy (non-hydrogen) atoms. The van der Waals surface area contributed by atoms with Crippen molar-refractivity contribution in [1.29, 1.82) is 0 Å². The van der Waals surface area contributed by atoms with Crippen molar-refractivity contribution in [2.24, 2.45) is 5.84 Å². The Morgan fingerprint density at radius 2 is 1.95 bits per heavy atom. The van der Waals surface area contributed by atoms with Crippen molar-refractivity contribution < 1.29 is 4.74 Å². The van der Waals surface area contributed by atoms with Crippen LogP contribution in [0.3, 0.4) is 0 Å². The molecule has 0 saturated heterocycles. The van der Waals surface area contributed by atoms with E-state index in [1.807, 2.05) is 31.2 Å². The molecule has 1 unspecified atom stereocenters. The van der Waals surface area contributed by atoms with E-state index in [1.54, 1.807) is 19.2 Å². The fraction of sp³-hybridized carbons (Fsp3) is 0.250. The minimum Gasteiger partial charge on any atom is -0.496 e. The summed E-state index contributed by atoms with van der Waals surface area (Å²) in [4.78, 5) is 0. The summed E-state index contributed by atoms with van der Waals surface area (Å²) in [6.45, 7) is 2.00. The molecule has 1 atom stereocenters. The molecule has 3 nitrogen and oxygen atoms in total. The number of nitrogens with two attached hydrogens (primary N) is 1. The van der Waals surface area contributed by atoms with Gasteiger partial charge < -0.3 is 4.74 Å². The van der Waals surface area contributed by atoms with Crippen molar-refractivity contribution in [3.05, 3.63) is 63.1 Å². The van der Waals surface area contributed by atoms with Crippen LogP contribution in [0.1, 0.15) is 22.7 Å². The summed E-state index contributed by atoms with van der Waals surface area (Å²) in [5, 5.41) is 1.34. The van der Waals surface area contributed by atoms with Crippen LogP contribution in [0.5, 0.6) is 5.75 Å². The Balaban J connectivity index is 2.29. The zero-order valence-electron chi connectivity index (χ0n) is 12.0. The van der Waals surface area contributed by atoms with Crippen LogP contribution in [0.4, 0.5) is 0 Å². The zero-order chi connectivity index (χ0) is 15.4. The summed E-state index contributed by atoms with van der Waals surface area (Å²) in [5.74, 6) is 6.54. The van der Waals surface area contributed by atoms with Crippen LogP contribution in [-0.4, -0.2) is 7.11 Å². The molecular formula is C16H18Cl2N2O. The maximum absolute atomic E-state index is 6.22. The van der Waals surface area contributed by atoms with Gasteiger partial charge in [0.15, 0.2) is 0 Å². The molecule has 0 aliphatic heterocycles. The Kier molecular flexibility index (Phi) is 5.48. The number of aryl methyl sites for hydroxylation is 1. The summed E-state index contributed by atoms with van der Waals surface area (Å²) in [6.07, 6.45) is 0.641. The van der Waals surface area contributed by atoms with Crippen LogP contribution in [0.25, 0.3) is 0 Å². The van der Waals surface area contributed by atoms with Crippen molar-refractivity contribution in [3.63, 3.8) is 0 Å². The van der Waals surface area contributed by atoms with E-state index in [-0.39, 0.29) is 6.04 Å². The standard InChI is InChI=1S/C16H18Cl2N2O/c1-10-3-4-11(9-16(10)21-2)15(20-19)8-12-7-13(17)5-6-14(12)18/h3-7,9,15,20H,8,19H2,1-2H3. The third-order valence-corrected chi connectivity index (χ3v) is 4.07. The van der Waals surface area contributed by atoms with E-state index in [9.17, 15) is 0 Å². The molecule has 0 bridgehead atoms. The second kappa shape index (κ2) is 7.14. The number of nitrogens with one attached hydrogen (secondary N) is 1. The van der Waals surface area contributed by atoms with Gasteiger partial charge in [-0.05, 0) is 54.3 Å². The van der Waals surface area contributed by atoms with Gasteiger partial charge in [-0.25, -0.2) is 0 Å². The van der Waals surface area contributed by atoms with Crippen LogP contribution in [0.2, 0.25) is 10.0 Å². The van der Waals surface area contributed by atoms with Gasteiger partial charge in [0.1, 0.15) is 5.75 Å². The molecular weight excluding hydrogens is 307 g/mol. The predicted octanol–water partition coefficient (Wildman–Crippen LogP) is 4.06. The smallest absolute Gasteiger partial charge is 0.122 e. The number of halogens is 2. The maximum atomic E-state index is 6.22. The monoisotopic (exact) mass is 324 g/mol. The minimum absolute atomic E-state index is 0.0736. The quantitative estimate of drug-likeness (QED) is 0.644. The van der Waals surface area contributed by atoms with Gasteiger partial charge in [-0.2, -0.15) is 0 Å². The lowest BCUT2D eigenvalue weighted by Gasteiger charge is -2.19. The number of hydrogen-bond acceptors (Lipinski definition) is 3. The molecule has 0 amide bonds. The van der Waals surface area contributed by atoms with Crippen molar-refractivity contribution in [3.8, 4) is 5.75 Å². The van der Waals surface area contributed by atoms with Gasteiger partial charge >= 0.3 is 0 Å². The highest BCUT2D eigenvalue weighted by atomic mass is 35.5. The molecule has 0 aliphatic rings. The zero-order valence-corrected chi connectivity index (χ0v) is 13.5. The largest absolute Gasteiger partial charge is 0.496 e. The number of hydrogen-bond donors (Lipinski definition) is 2. The van der Waals surface area contributed by atoms with Gasteiger partial charge in [-0.15, -0.1) is 0 Å². The van der Waals surface area contributed by atoms with E-state index in [0.29, 0.717) is 16.5 Å². The summed E-state index contributed by atoms with van der Waals surface area (Å²) in [6, 6.07) is 11.4. The van der Waals surface area contributed by atoms with Gasteiger partial charge in [-0.1, -0.05) is 35.3 Å². The summed E-state index contributed by atoms with van der Waals surface area (Å²) in [5.41, 5.74) is 5.90. The predicted molar refractivity (Wildman–Crippen MR) is 88.0 cm³/mol. The molecule has 0 aliphatic carbocycles. The number of rotatable bonds is 5. The number of benzene rings is 2. The molecule has 0 fully saturated rings. The second-order valence-electron chi connectivity index (χ2n) is 4.89. The molecule has 2 aromatic rings. The van der Waals surface area contributed by atoms with E-state index in [2.05, 4.69) is 5.43 Å². The average Bonchev–Trinajstić information content (AvgIpc) is 2.49. The highest BCUT2D eigenvalue weighted by Gasteiger charge is 2.14. The molecule has 2 rings (SSSR count). The lowest BCUT2D eigenvalue weighted by atomic mass is 9.98. The fourth-order valence-corrected chi connectivity index (χ4v) is 2.64. The van der Waals surface area contributed by atoms with Gasteiger partial charge in [0.2, 0.25) is 0 Å². The molecule has 2 aromatic carbocycles. The van der Waals surface area contributed by atoms with Crippen LogP contribution in [0.15, 0.2) is 36.4 Å². The van der Waals surface area contributed by atoms with Crippen molar-refractivity contribution in [1.82, 2.24) is 5.43 Å². The average molecular weight is 325 g/mol. The fourth-order valence-electron chi connectivity index (χ4n) is 2.25. The van der Waals surface area contributed by atoms with Gasteiger partial charge in [0.25, 0.3) is 0 Å². The van der Waals surface area contributed by atoms with Crippen molar-refractivity contribution in [2.75, 3.05) is 7.11 Å². The number of ether oxygens (including phenoxy) is 1. The Morgan fingerprint density at radius 3 is 2.62 bits per heavy atom. The first-order chi connectivity index (χ1) is 10.0. The topological polar surface area (TPSA) is 47.3 Å².